The van der Waals surface area contributed by atoms with Gasteiger partial charge in [0, 0.05) is 0 Å². The first-order valence-electron chi connectivity index (χ1n) is 9.45. The Hall–Kier alpha value is -1.27. The van der Waals surface area contributed by atoms with Crippen molar-refractivity contribution in [3.05, 3.63) is 29.8 Å². The quantitative estimate of drug-likeness (QED) is 0.695. The Labute approximate surface area is 170 Å². The van der Waals surface area contributed by atoms with E-state index >= 15 is 0 Å². The summed E-state index contributed by atoms with van der Waals surface area (Å²) < 4.78 is 64.1. The number of fused-ring (bicyclic) bond motifs is 3. The number of aryl methyl sites for hydroxylation is 1. The molecule has 3 aliphatic rings. The molecule has 4 rings (SSSR count). The summed E-state index contributed by atoms with van der Waals surface area (Å²) >= 11 is 0. The molecule has 0 saturated carbocycles. The lowest BCUT2D eigenvalue weighted by molar-refractivity contribution is -0.238. The Bertz CT molecular complexity index is 849. The Balaban J connectivity index is 1.45. The molecule has 3 heterocycles. The van der Waals surface area contributed by atoms with Crippen LogP contribution in [0.1, 0.15) is 33.3 Å². The second-order valence-electron chi connectivity index (χ2n) is 8.30. The zero-order chi connectivity index (χ0) is 21.0. The van der Waals surface area contributed by atoms with E-state index in [0.717, 1.165) is 5.56 Å². The van der Waals surface area contributed by atoms with Crippen LogP contribution in [0.4, 0.5) is 0 Å². The highest BCUT2D eigenvalue weighted by molar-refractivity contribution is 7.82. The summed E-state index contributed by atoms with van der Waals surface area (Å²) in [5.41, 5.74) is 0.981. The van der Waals surface area contributed by atoms with Gasteiger partial charge in [0.2, 0.25) is 0 Å². The van der Waals surface area contributed by atoms with E-state index in [9.17, 15) is 8.42 Å². The monoisotopic (exact) mass is 430 g/mol. The van der Waals surface area contributed by atoms with Crippen LogP contribution < -0.4 is 4.18 Å². The minimum absolute atomic E-state index is 0.161. The molecule has 5 atom stereocenters. The molecular weight excluding hydrogens is 404 g/mol. The molecule has 1 aromatic rings. The average molecular weight is 430 g/mol. The van der Waals surface area contributed by atoms with Crippen molar-refractivity contribution < 1.29 is 40.5 Å². The van der Waals surface area contributed by atoms with Gasteiger partial charge in [-0.2, -0.15) is 8.42 Å². The predicted molar refractivity (Wildman–Crippen MR) is 99.2 cm³/mol. The van der Waals surface area contributed by atoms with Gasteiger partial charge in [0.1, 0.15) is 30.2 Å². The van der Waals surface area contributed by atoms with E-state index in [1.807, 2.05) is 6.92 Å². The highest BCUT2D eigenvalue weighted by Crippen LogP contribution is 2.44. The second-order valence-corrected chi connectivity index (χ2v) is 9.52. The first-order valence-corrected chi connectivity index (χ1v) is 10.8. The van der Waals surface area contributed by atoms with E-state index in [0.29, 0.717) is 0 Å². The van der Waals surface area contributed by atoms with Crippen LogP contribution in [-0.4, -0.2) is 57.3 Å². The summed E-state index contributed by atoms with van der Waals surface area (Å²) in [6, 6.07) is 6.59. The Kier molecular flexibility index (Phi) is 5.18. The summed E-state index contributed by atoms with van der Waals surface area (Å²) in [6.45, 7) is 8.67. The number of benzene rings is 1. The van der Waals surface area contributed by atoms with Crippen molar-refractivity contribution in [2.75, 3.05) is 6.61 Å². The third-order valence-electron chi connectivity index (χ3n) is 4.85. The van der Waals surface area contributed by atoms with E-state index < -0.39 is 52.7 Å². The standard InChI is InChI=1S/C19H26O9S/c1-11-6-8-12(9-7-11)28-29(20,21)22-10-13-14-15(25-18(2,3)24-14)16-17(23-13)27-19(4,5)26-16/h6-9,13-17H,10H2,1-5H3/t13?,14-,15?,16-,17+/m0/s1. The maximum atomic E-state index is 12.2. The minimum Gasteiger partial charge on any atom is -0.362 e. The largest absolute Gasteiger partial charge is 0.449 e. The third-order valence-corrected chi connectivity index (χ3v) is 5.67. The molecule has 10 heteroatoms. The zero-order valence-electron chi connectivity index (χ0n) is 17.0. The summed E-state index contributed by atoms with van der Waals surface area (Å²) in [5.74, 6) is -1.57. The summed E-state index contributed by atoms with van der Waals surface area (Å²) in [7, 11) is -4.30. The van der Waals surface area contributed by atoms with Crippen molar-refractivity contribution in [1.29, 1.82) is 0 Å². The highest BCUT2D eigenvalue weighted by Gasteiger charge is 2.60. The van der Waals surface area contributed by atoms with Crippen molar-refractivity contribution in [3.63, 3.8) is 0 Å². The van der Waals surface area contributed by atoms with Gasteiger partial charge in [0.15, 0.2) is 17.9 Å². The molecule has 2 unspecified atom stereocenters. The summed E-state index contributed by atoms with van der Waals surface area (Å²) in [6.07, 6.45) is -3.04. The van der Waals surface area contributed by atoms with E-state index in [-0.39, 0.29) is 12.4 Å². The zero-order valence-corrected chi connectivity index (χ0v) is 17.8. The second kappa shape index (κ2) is 7.16. The first kappa shape index (κ1) is 21.0. The minimum atomic E-state index is -4.30. The van der Waals surface area contributed by atoms with Crippen molar-refractivity contribution >= 4 is 10.4 Å². The van der Waals surface area contributed by atoms with Crippen molar-refractivity contribution in [3.8, 4) is 5.75 Å². The number of hydrogen-bond acceptors (Lipinski definition) is 9. The summed E-state index contributed by atoms with van der Waals surface area (Å²) in [4.78, 5) is 0. The molecule has 3 saturated heterocycles. The molecule has 0 radical (unpaired) electrons. The van der Waals surface area contributed by atoms with Gasteiger partial charge in [-0.3, -0.25) is 0 Å². The van der Waals surface area contributed by atoms with Crippen LogP contribution in [0.25, 0.3) is 0 Å². The van der Waals surface area contributed by atoms with Crippen LogP contribution in [-0.2, 0) is 38.3 Å². The lowest BCUT2D eigenvalue weighted by Gasteiger charge is -2.36. The molecule has 0 N–H and O–H groups in total. The Morgan fingerprint density at radius 2 is 1.48 bits per heavy atom. The lowest BCUT2D eigenvalue weighted by atomic mass is 9.99. The topological polar surface area (TPSA) is 98.8 Å². The molecule has 3 aliphatic heterocycles. The molecule has 3 fully saturated rings. The Morgan fingerprint density at radius 1 is 0.897 bits per heavy atom. The average Bonchev–Trinajstić information content (AvgIpc) is 3.09. The van der Waals surface area contributed by atoms with Gasteiger partial charge in [-0.25, -0.2) is 4.18 Å². The number of hydrogen-bond donors (Lipinski definition) is 0. The van der Waals surface area contributed by atoms with Crippen LogP contribution in [0, 0.1) is 6.92 Å². The molecule has 29 heavy (non-hydrogen) atoms. The van der Waals surface area contributed by atoms with Gasteiger partial charge in [-0.15, -0.1) is 0 Å². The third kappa shape index (κ3) is 4.58. The molecule has 1 aromatic carbocycles. The first-order chi connectivity index (χ1) is 13.4. The van der Waals surface area contributed by atoms with E-state index in [1.54, 1.807) is 52.0 Å². The molecule has 0 aromatic heterocycles. The molecule has 0 aliphatic carbocycles. The van der Waals surface area contributed by atoms with E-state index in [1.165, 1.54) is 0 Å². The Morgan fingerprint density at radius 3 is 2.17 bits per heavy atom. The van der Waals surface area contributed by atoms with E-state index in [4.69, 9.17) is 32.1 Å². The fraction of sp³-hybridized carbons (Fsp3) is 0.684. The highest BCUT2D eigenvalue weighted by atomic mass is 32.3. The fourth-order valence-electron chi connectivity index (χ4n) is 3.71. The lowest BCUT2D eigenvalue weighted by Crippen LogP contribution is -2.56. The molecule has 0 amide bonds. The van der Waals surface area contributed by atoms with Crippen LogP contribution >= 0.6 is 0 Å². The van der Waals surface area contributed by atoms with Crippen molar-refractivity contribution in [1.82, 2.24) is 0 Å². The van der Waals surface area contributed by atoms with Gasteiger partial charge < -0.3 is 27.9 Å². The van der Waals surface area contributed by atoms with Gasteiger partial charge in [0.05, 0.1) is 6.61 Å². The van der Waals surface area contributed by atoms with Crippen LogP contribution in [0.2, 0.25) is 0 Å². The smallest absolute Gasteiger partial charge is 0.362 e. The SMILES string of the molecule is Cc1ccc(OS(=O)(=O)OCC2O[C@@H]3OC(C)(C)O[C@H]3C3OC(C)(C)O[C@@H]23)cc1. The maximum absolute atomic E-state index is 12.2. The molecule has 0 bridgehead atoms. The van der Waals surface area contributed by atoms with Gasteiger partial charge in [0.25, 0.3) is 0 Å². The van der Waals surface area contributed by atoms with Crippen LogP contribution in [0.3, 0.4) is 0 Å². The van der Waals surface area contributed by atoms with Crippen LogP contribution in [0.15, 0.2) is 24.3 Å². The van der Waals surface area contributed by atoms with Crippen molar-refractivity contribution in [2.45, 2.75) is 76.9 Å². The normalized spacial score (nSPS) is 35.1. The van der Waals surface area contributed by atoms with Gasteiger partial charge in [-0.1, -0.05) is 17.7 Å². The number of rotatable bonds is 5. The van der Waals surface area contributed by atoms with Crippen molar-refractivity contribution in [2.24, 2.45) is 0 Å². The van der Waals surface area contributed by atoms with E-state index in [2.05, 4.69) is 0 Å². The van der Waals surface area contributed by atoms with Crippen LogP contribution in [0.5, 0.6) is 5.75 Å². The molecular formula is C19H26O9S. The maximum Gasteiger partial charge on any atom is 0.449 e. The molecule has 0 spiro atoms. The molecule has 9 nitrogen and oxygen atoms in total. The number of ether oxygens (including phenoxy) is 5. The van der Waals surface area contributed by atoms with Gasteiger partial charge >= 0.3 is 10.4 Å². The molecule has 162 valence electrons. The van der Waals surface area contributed by atoms with Gasteiger partial charge in [-0.05, 0) is 46.8 Å². The summed E-state index contributed by atoms with van der Waals surface area (Å²) in [5, 5.41) is 0. The fourth-order valence-corrected chi connectivity index (χ4v) is 4.41. The predicted octanol–water partition coefficient (Wildman–Crippen LogP) is 2.03.